The molecule has 0 saturated carbocycles. The van der Waals surface area contributed by atoms with Crippen molar-refractivity contribution in [3.63, 3.8) is 0 Å². The first-order valence-electron chi connectivity index (χ1n) is 3.60. The van der Waals surface area contributed by atoms with E-state index in [9.17, 15) is 0 Å². The first kappa shape index (κ1) is 12.0. The Bertz CT molecular complexity index is 39.9. The Balaban J connectivity index is 0. The van der Waals surface area contributed by atoms with Crippen molar-refractivity contribution < 1.29 is 5.11 Å². The van der Waals surface area contributed by atoms with E-state index in [-0.39, 0.29) is 6.61 Å². The summed E-state index contributed by atoms with van der Waals surface area (Å²) in [6.07, 6.45) is 1.86. The van der Waals surface area contributed by atoms with Crippen molar-refractivity contribution in [2.75, 3.05) is 6.61 Å². The SMILES string of the molecule is CC.CCC(S)CCO. The first-order valence-corrected chi connectivity index (χ1v) is 4.11. The third-order valence-electron chi connectivity index (χ3n) is 0.934. The van der Waals surface area contributed by atoms with Crippen LogP contribution in [0.3, 0.4) is 0 Å². The smallest absolute Gasteiger partial charge is 0.0441 e. The molecule has 0 aromatic carbocycles. The standard InChI is InChI=1S/C5H12OS.C2H6/c1-2-5(7)3-4-6;1-2/h5-7H,2-4H2,1H3;1-2H3. The molecular weight excluding hydrogens is 132 g/mol. The monoisotopic (exact) mass is 150 g/mol. The van der Waals surface area contributed by atoms with E-state index in [1.807, 2.05) is 13.8 Å². The molecule has 0 aromatic rings. The van der Waals surface area contributed by atoms with E-state index in [1.165, 1.54) is 0 Å². The zero-order valence-electron chi connectivity index (χ0n) is 6.59. The van der Waals surface area contributed by atoms with Crippen LogP contribution in [-0.2, 0) is 0 Å². The van der Waals surface area contributed by atoms with Crippen LogP contribution >= 0.6 is 12.6 Å². The highest BCUT2D eigenvalue weighted by atomic mass is 32.1. The maximum Gasteiger partial charge on any atom is 0.0441 e. The Labute approximate surface area is 63.9 Å². The molecule has 0 bridgehead atoms. The van der Waals surface area contributed by atoms with Gasteiger partial charge in [0.15, 0.2) is 0 Å². The average Bonchev–Trinajstić information content (AvgIpc) is 1.93. The van der Waals surface area contributed by atoms with E-state index >= 15 is 0 Å². The van der Waals surface area contributed by atoms with Crippen LogP contribution in [0.15, 0.2) is 0 Å². The second kappa shape index (κ2) is 11.2. The molecule has 9 heavy (non-hydrogen) atoms. The van der Waals surface area contributed by atoms with Gasteiger partial charge in [0.25, 0.3) is 0 Å². The largest absolute Gasteiger partial charge is 0.396 e. The molecule has 2 heteroatoms. The molecule has 1 unspecified atom stereocenters. The summed E-state index contributed by atoms with van der Waals surface area (Å²) in [5.74, 6) is 0. The van der Waals surface area contributed by atoms with Gasteiger partial charge in [-0.15, -0.1) is 0 Å². The quantitative estimate of drug-likeness (QED) is 0.590. The Morgan fingerprint density at radius 1 is 1.44 bits per heavy atom. The lowest BCUT2D eigenvalue weighted by Crippen LogP contribution is -1.98. The summed E-state index contributed by atoms with van der Waals surface area (Å²) in [5.41, 5.74) is 0. The van der Waals surface area contributed by atoms with Crippen molar-refractivity contribution >= 4 is 12.6 Å². The fourth-order valence-corrected chi connectivity index (χ4v) is 0.469. The van der Waals surface area contributed by atoms with Crippen LogP contribution in [0.4, 0.5) is 0 Å². The van der Waals surface area contributed by atoms with E-state index in [0.717, 1.165) is 12.8 Å². The van der Waals surface area contributed by atoms with Crippen LogP contribution in [0, 0.1) is 0 Å². The third kappa shape index (κ3) is 11.7. The molecule has 0 heterocycles. The predicted octanol–water partition coefficient (Wildman–Crippen LogP) is 2.10. The lowest BCUT2D eigenvalue weighted by molar-refractivity contribution is 0.286. The Kier molecular flexibility index (Phi) is 14.9. The highest BCUT2D eigenvalue weighted by Crippen LogP contribution is 2.03. The van der Waals surface area contributed by atoms with Crippen LogP contribution in [0.1, 0.15) is 33.6 Å². The normalized spacial score (nSPS) is 11.7. The third-order valence-corrected chi connectivity index (χ3v) is 1.56. The molecule has 0 saturated heterocycles. The molecule has 0 aliphatic carbocycles. The van der Waals surface area contributed by atoms with Crippen molar-refractivity contribution in [2.45, 2.75) is 38.9 Å². The van der Waals surface area contributed by atoms with Gasteiger partial charge in [-0.3, -0.25) is 0 Å². The highest BCUT2D eigenvalue weighted by molar-refractivity contribution is 7.80. The van der Waals surface area contributed by atoms with Gasteiger partial charge in [0, 0.05) is 11.9 Å². The summed E-state index contributed by atoms with van der Waals surface area (Å²) in [6.45, 7) is 6.33. The van der Waals surface area contributed by atoms with E-state index in [4.69, 9.17) is 5.11 Å². The van der Waals surface area contributed by atoms with E-state index < -0.39 is 0 Å². The molecular formula is C7H18OS. The number of aliphatic hydroxyl groups is 1. The second-order valence-corrected chi connectivity index (χ2v) is 2.30. The lowest BCUT2D eigenvalue weighted by Gasteiger charge is -2.01. The molecule has 0 fully saturated rings. The molecule has 1 nitrogen and oxygen atoms in total. The van der Waals surface area contributed by atoms with Gasteiger partial charge in [-0.1, -0.05) is 20.8 Å². The summed E-state index contributed by atoms with van der Waals surface area (Å²) in [4.78, 5) is 0. The maximum atomic E-state index is 8.32. The zero-order valence-corrected chi connectivity index (χ0v) is 7.49. The number of rotatable bonds is 3. The number of thiol groups is 1. The summed E-state index contributed by atoms with van der Waals surface area (Å²) in [5, 5.41) is 8.71. The average molecular weight is 150 g/mol. The Morgan fingerprint density at radius 2 is 1.89 bits per heavy atom. The van der Waals surface area contributed by atoms with E-state index in [2.05, 4.69) is 19.6 Å². The van der Waals surface area contributed by atoms with E-state index in [0.29, 0.717) is 5.25 Å². The molecule has 0 spiro atoms. The zero-order chi connectivity index (χ0) is 7.70. The van der Waals surface area contributed by atoms with Crippen molar-refractivity contribution in [1.82, 2.24) is 0 Å². The van der Waals surface area contributed by atoms with Gasteiger partial charge in [0.05, 0.1) is 0 Å². The van der Waals surface area contributed by atoms with Gasteiger partial charge < -0.3 is 5.11 Å². The van der Waals surface area contributed by atoms with Gasteiger partial charge in [-0.2, -0.15) is 12.6 Å². The summed E-state index contributed by atoms with van der Waals surface area (Å²) < 4.78 is 0. The van der Waals surface area contributed by atoms with Crippen molar-refractivity contribution in [1.29, 1.82) is 0 Å². The summed E-state index contributed by atoms with van der Waals surface area (Å²) >= 11 is 4.15. The first-order chi connectivity index (χ1) is 4.31. The summed E-state index contributed by atoms with van der Waals surface area (Å²) in [7, 11) is 0. The maximum absolute atomic E-state index is 8.32. The van der Waals surface area contributed by atoms with Gasteiger partial charge in [-0.05, 0) is 12.8 Å². The molecule has 0 aromatic heterocycles. The van der Waals surface area contributed by atoms with E-state index in [1.54, 1.807) is 0 Å². The molecule has 0 radical (unpaired) electrons. The minimum absolute atomic E-state index is 0.266. The van der Waals surface area contributed by atoms with Crippen LogP contribution in [0.2, 0.25) is 0 Å². The fourth-order valence-electron chi connectivity index (χ4n) is 0.353. The summed E-state index contributed by atoms with van der Waals surface area (Å²) in [6, 6.07) is 0. The molecule has 58 valence electrons. The Morgan fingerprint density at radius 3 is 2.00 bits per heavy atom. The van der Waals surface area contributed by atoms with Gasteiger partial charge in [0.2, 0.25) is 0 Å². The fraction of sp³-hybridized carbons (Fsp3) is 1.00. The molecule has 0 rings (SSSR count). The van der Waals surface area contributed by atoms with Gasteiger partial charge in [-0.25, -0.2) is 0 Å². The lowest BCUT2D eigenvalue weighted by atomic mass is 10.2. The number of hydrogen-bond acceptors (Lipinski definition) is 2. The van der Waals surface area contributed by atoms with Crippen LogP contribution in [-0.4, -0.2) is 17.0 Å². The van der Waals surface area contributed by atoms with Gasteiger partial charge in [0.1, 0.15) is 0 Å². The highest BCUT2D eigenvalue weighted by Gasteiger charge is 1.94. The van der Waals surface area contributed by atoms with Crippen molar-refractivity contribution in [2.24, 2.45) is 0 Å². The number of hydrogen-bond donors (Lipinski definition) is 2. The number of aliphatic hydroxyl groups excluding tert-OH is 1. The van der Waals surface area contributed by atoms with Crippen LogP contribution < -0.4 is 0 Å². The topological polar surface area (TPSA) is 20.2 Å². The minimum Gasteiger partial charge on any atom is -0.396 e. The van der Waals surface area contributed by atoms with Gasteiger partial charge >= 0.3 is 0 Å². The minimum atomic E-state index is 0.266. The molecule has 0 aliphatic rings. The van der Waals surface area contributed by atoms with Crippen molar-refractivity contribution in [3.05, 3.63) is 0 Å². The molecule has 0 amide bonds. The van der Waals surface area contributed by atoms with Crippen LogP contribution in [0.5, 0.6) is 0 Å². The molecule has 1 atom stereocenters. The molecule has 0 aliphatic heterocycles. The van der Waals surface area contributed by atoms with Crippen molar-refractivity contribution in [3.8, 4) is 0 Å². The van der Waals surface area contributed by atoms with Crippen LogP contribution in [0.25, 0.3) is 0 Å². The predicted molar refractivity (Wildman–Crippen MR) is 46.1 cm³/mol. The Hall–Kier alpha value is 0.310. The second-order valence-electron chi connectivity index (χ2n) is 1.57. The molecule has 1 N–H and O–H groups in total.